The number of piperidine rings is 2. The maximum absolute atomic E-state index is 14.9. The van der Waals surface area contributed by atoms with Crippen LogP contribution < -0.4 is 15.4 Å². The fraction of sp³-hybridized carbons (Fsp3) is 0.563. The number of carboxylic acids is 2. The molecule has 24 heteroatoms. The molecular weight excluding hydrogens is 1450 g/mol. The highest BCUT2D eigenvalue weighted by atomic mass is 32.1. The Morgan fingerprint density at radius 1 is 0.532 bits per heavy atom. The number of likely N-dealkylation sites (N-methyl/N-ethyl adjacent to an activating group) is 2. The number of aliphatic carboxylic acids is 2. The predicted octanol–water partition coefficient (Wildman–Crippen LogP) is 14.5. The summed E-state index contributed by atoms with van der Waals surface area (Å²) in [6, 6.07) is 30.6. The molecule has 2 fully saturated rings. The highest BCUT2D eigenvalue weighted by molar-refractivity contribution is 7.10. The van der Waals surface area contributed by atoms with Crippen molar-refractivity contribution in [1.82, 2.24) is 40.2 Å². The first kappa shape index (κ1) is 90.1. The average molecular weight is 1570 g/mol. The monoisotopic (exact) mass is 1570 g/mol. The number of aromatic nitrogens is 2. The first-order valence-electron chi connectivity index (χ1n) is 39.8. The van der Waals surface area contributed by atoms with Gasteiger partial charge in [-0.15, -0.1) is 22.7 Å². The number of benzene rings is 4. The van der Waals surface area contributed by atoms with Gasteiger partial charge in [0.05, 0.1) is 31.0 Å². The van der Waals surface area contributed by atoms with E-state index in [4.69, 9.17) is 4.74 Å². The van der Waals surface area contributed by atoms with E-state index in [-0.39, 0.29) is 109 Å². The standard InChI is InChI=1S/C44H62N4O7S.C43H59FN4O6S/c1-8-29(4)35(24-39(49)37-16-12-13-21-47(37)6)43(52)48(26-32-14-10-9-11-15-32)38(28(2)3)25-40(50)42-46-36(27-56-42)41(51)45-33(22-30(5)44(53)54)23-31-17-19-34(55-7)20-18-31;1-7-28(4)34(23-38(49)36-15-11-12-20-47(36)6)42(52)48(25-31-13-9-8-10-14-31)37(27(2)3)24-39(50)41-46-35(26-55-41)40(51)45-33(21-29(5)43(53)54)22-30-16-18-32(44)19-17-30/h9-11,14-15,17-20,27-30,33,35,37-38,40,50H,8,12-13,16,21-26H2,1-7H3,(H,45,51)(H,53,54);8-10,13-14,16-19,26-29,33-34,36-37,39,50H,7,11-12,15,20-25H2,1-6H3,(H,45,51)(H,53,54)/t29-,30-,33+,35-,37+,38+,40+;28-,29-,33+,34-,36+,37+,39+/m00/s1. The largest absolute Gasteiger partial charge is 0.497 e. The third kappa shape index (κ3) is 27.0. The number of hydrogen-bond acceptors (Lipinski definition) is 17. The molecule has 6 aromatic rings. The van der Waals surface area contributed by atoms with Gasteiger partial charge in [0.2, 0.25) is 11.8 Å². The van der Waals surface area contributed by atoms with E-state index >= 15 is 0 Å². The van der Waals surface area contributed by atoms with Gasteiger partial charge in [-0.3, -0.25) is 48.2 Å². The van der Waals surface area contributed by atoms with Crippen LogP contribution >= 0.6 is 22.7 Å². The molecule has 0 unspecified atom stereocenters. The second-order valence-corrected chi connectivity index (χ2v) is 33.4. The number of ketones is 2. The Balaban J connectivity index is 0.000000308. The Kier molecular flexibility index (Phi) is 36.0. The molecule has 4 amide bonds. The smallest absolute Gasteiger partial charge is 0.306 e. The molecule has 0 radical (unpaired) electrons. The Labute approximate surface area is 664 Å². The summed E-state index contributed by atoms with van der Waals surface area (Å²) >= 11 is 2.32. The van der Waals surface area contributed by atoms with Crippen LogP contribution in [0.4, 0.5) is 4.39 Å². The van der Waals surface area contributed by atoms with Crippen LogP contribution in [0.2, 0.25) is 0 Å². The number of amides is 4. The zero-order valence-electron chi connectivity index (χ0n) is 67.3. The van der Waals surface area contributed by atoms with E-state index in [1.54, 1.807) is 43.9 Å². The molecular formula is C87H121FN8O13S2. The van der Waals surface area contributed by atoms with Crippen molar-refractivity contribution in [3.8, 4) is 5.75 Å². The number of likely N-dealkylation sites (tertiary alicyclic amines) is 2. The molecule has 2 saturated heterocycles. The number of carbonyl (C=O) groups is 8. The molecule has 14 atom stereocenters. The molecule has 4 aromatic carbocycles. The van der Waals surface area contributed by atoms with E-state index in [1.807, 2.05) is 157 Å². The van der Waals surface area contributed by atoms with Crippen LogP contribution in [0.1, 0.15) is 225 Å². The Morgan fingerprint density at radius 3 is 1.23 bits per heavy atom. The fourth-order valence-corrected chi connectivity index (χ4v) is 16.8. The Hall–Kier alpha value is -8.13. The van der Waals surface area contributed by atoms with Crippen molar-refractivity contribution < 1.29 is 67.9 Å². The lowest BCUT2D eigenvalue weighted by Gasteiger charge is -2.39. The van der Waals surface area contributed by atoms with E-state index in [2.05, 4.69) is 37.3 Å². The molecule has 2 aromatic heterocycles. The van der Waals surface area contributed by atoms with Crippen LogP contribution in [0.5, 0.6) is 5.75 Å². The van der Waals surface area contributed by atoms with Gasteiger partial charge in [0.1, 0.15) is 45.2 Å². The number of rotatable bonds is 41. The molecule has 2 aliphatic heterocycles. The lowest BCUT2D eigenvalue weighted by molar-refractivity contribution is -0.145. The van der Waals surface area contributed by atoms with Gasteiger partial charge in [-0.1, -0.05) is 180 Å². The lowest BCUT2D eigenvalue weighted by Crippen LogP contribution is -2.49. The number of carbonyl (C=O) groups excluding carboxylic acids is 6. The first-order chi connectivity index (χ1) is 52.9. The number of hydrogen-bond donors (Lipinski definition) is 6. The van der Waals surface area contributed by atoms with Crippen LogP contribution in [0.15, 0.2) is 120 Å². The van der Waals surface area contributed by atoms with Gasteiger partial charge < -0.3 is 45.6 Å². The summed E-state index contributed by atoms with van der Waals surface area (Å²) in [6.07, 6.45) is 6.85. The molecule has 6 N–H and O–H groups in total. The summed E-state index contributed by atoms with van der Waals surface area (Å²) in [4.78, 5) is 125. The molecule has 606 valence electrons. The number of aliphatic hydroxyl groups is 2. The molecule has 0 bridgehead atoms. The number of ether oxygens (including phenoxy) is 1. The third-order valence-corrected chi connectivity index (χ3v) is 24.4. The molecule has 2 aliphatic rings. The number of aliphatic hydroxyl groups excluding tert-OH is 2. The maximum atomic E-state index is 14.9. The zero-order chi connectivity index (χ0) is 81.2. The van der Waals surface area contributed by atoms with Crippen molar-refractivity contribution in [2.24, 2.45) is 47.3 Å². The highest BCUT2D eigenvalue weighted by Crippen LogP contribution is 2.36. The van der Waals surface area contributed by atoms with Gasteiger partial charge in [0.15, 0.2) is 11.6 Å². The molecule has 8 rings (SSSR count). The number of carboxylic acid groups (broad SMARTS) is 2. The fourth-order valence-electron chi connectivity index (χ4n) is 15.2. The summed E-state index contributed by atoms with van der Waals surface area (Å²) in [6.45, 7) is 21.8. The lowest BCUT2D eigenvalue weighted by atomic mass is 9.82. The first-order valence-corrected chi connectivity index (χ1v) is 41.5. The SMILES string of the molecule is CC[C@H](C)[C@H](CC(=O)[C@H]1CCCCN1C)C(=O)N(Cc1ccccc1)[C@H](C[C@@H](O)c1nc(C(=O)N[C@@H](Cc2ccc(F)cc2)C[C@H](C)C(=O)O)cs1)C(C)C.CC[C@H](C)[C@H](CC(=O)[C@H]1CCCCN1C)C(=O)N(Cc1ccccc1)[C@H](C[C@@H](O)c1nc(C(=O)N[C@@H](Cc2ccc(OC)cc2)C[C@H](C)C(=O)O)cs1)C(C)C. The minimum atomic E-state index is -1.09. The minimum absolute atomic E-state index is 0.0246. The molecule has 0 spiro atoms. The summed E-state index contributed by atoms with van der Waals surface area (Å²) in [7, 11) is 5.56. The number of nitrogens with zero attached hydrogens (tertiary/aromatic N) is 6. The second-order valence-electron chi connectivity index (χ2n) is 31.7. The quantitative estimate of drug-likeness (QED) is 0.0208. The van der Waals surface area contributed by atoms with Gasteiger partial charge in [0.25, 0.3) is 11.8 Å². The van der Waals surface area contributed by atoms with Crippen molar-refractivity contribution in [3.63, 3.8) is 0 Å². The third-order valence-electron chi connectivity index (χ3n) is 22.6. The summed E-state index contributed by atoms with van der Waals surface area (Å²) < 4.78 is 18.8. The summed E-state index contributed by atoms with van der Waals surface area (Å²) in [5.74, 6) is -5.18. The Morgan fingerprint density at radius 2 is 0.901 bits per heavy atom. The number of thiazole rings is 2. The van der Waals surface area contributed by atoms with Crippen molar-refractivity contribution in [1.29, 1.82) is 0 Å². The minimum Gasteiger partial charge on any atom is -0.497 e. The number of nitrogens with one attached hydrogen (secondary N) is 2. The molecule has 0 aliphatic carbocycles. The number of methoxy groups -OCH3 is 1. The van der Waals surface area contributed by atoms with E-state index in [0.717, 1.165) is 98.0 Å². The van der Waals surface area contributed by atoms with E-state index in [1.165, 1.54) is 23.5 Å². The van der Waals surface area contributed by atoms with Crippen LogP contribution in [0.25, 0.3) is 0 Å². The van der Waals surface area contributed by atoms with E-state index in [0.29, 0.717) is 41.7 Å². The molecule has 111 heavy (non-hydrogen) atoms. The van der Waals surface area contributed by atoms with Crippen molar-refractivity contribution in [2.75, 3.05) is 34.3 Å². The van der Waals surface area contributed by atoms with Crippen LogP contribution in [0, 0.1) is 53.2 Å². The van der Waals surface area contributed by atoms with Gasteiger partial charge in [-0.25, -0.2) is 14.4 Å². The van der Waals surface area contributed by atoms with Crippen LogP contribution in [-0.2, 0) is 54.7 Å². The normalized spacial score (nSPS) is 18.1. The topological polar surface area (TPSA) is 290 Å². The van der Waals surface area contributed by atoms with Gasteiger partial charge >= 0.3 is 11.9 Å². The number of Topliss-reactive ketones (excluding diaryl/α,β-unsaturated/α-hetero) is 2. The Bertz CT molecular complexity index is 3920. The van der Waals surface area contributed by atoms with Crippen LogP contribution in [-0.4, -0.2) is 168 Å². The summed E-state index contributed by atoms with van der Waals surface area (Å²) in [5, 5.41) is 52.3. The maximum Gasteiger partial charge on any atom is 0.306 e. The highest BCUT2D eigenvalue weighted by Gasteiger charge is 2.41. The summed E-state index contributed by atoms with van der Waals surface area (Å²) in [5.41, 5.74) is 3.78. The second kappa shape index (κ2) is 44.4. The van der Waals surface area contributed by atoms with E-state index < -0.39 is 89.6 Å². The molecule has 4 heterocycles. The molecule has 21 nitrogen and oxygen atoms in total. The zero-order valence-corrected chi connectivity index (χ0v) is 68.9. The van der Waals surface area contributed by atoms with Gasteiger partial charge in [0, 0.05) is 85.5 Å². The van der Waals surface area contributed by atoms with Gasteiger partial charge in [-0.2, -0.15) is 0 Å². The van der Waals surface area contributed by atoms with Crippen molar-refractivity contribution in [2.45, 2.75) is 234 Å². The number of halogens is 1. The molecule has 0 saturated carbocycles. The van der Waals surface area contributed by atoms with Gasteiger partial charge in [-0.05, 0) is 149 Å². The van der Waals surface area contributed by atoms with E-state index in [9.17, 15) is 63.2 Å². The average Bonchev–Trinajstić information content (AvgIpc) is 1.56. The predicted molar refractivity (Wildman–Crippen MR) is 432 cm³/mol. The van der Waals surface area contributed by atoms with Crippen molar-refractivity contribution in [3.05, 3.63) is 169 Å². The van der Waals surface area contributed by atoms with Crippen molar-refractivity contribution >= 4 is 69.8 Å². The van der Waals surface area contributed by atoms with Crippen LogP contribution in [0.3, 0.4) is 0 Å².